The molecule has 0 unspecified atom stereocenters. The van der Waals surface area contributed by atoms with Gasteiger partial charge in [-0.3, -0.25) is 4.79 Å². The average molecular weight is 369 g/mol. The van der Waals surface area contributed by atoms with Crippen molar-refractivity contribution in [2.24, 2.45) is 5.92 Å². The molecule has 1 amide bonds. The molecular weight excluding hydrogens is 344 g/mol. The number of rotatable bonds is 4. The number of allylic oxidation sites excluding steroid dienone is 1. The summed E-state index contributed by atoms with van der Waals surface area (Å²) in [6.45, 7) is 7.21. The zero-order valence-corrected chi connectivity index (χ0v) is 16.0. The van der Waals surface area contributed by atoms with Crippen LogP contribution in [0, 0.1) is 12.8 Å². The molecule has 0 spiro atoms. The van der Waals surface area contributed by atoms with E-state index in [0.717, 1.165) is 17.7 Å². The lowest BCUT2D eigenvalue weighted by molar-refractivity contribution is -0.139. The minimum absolute atomic E-state index is 0.0253. The summed E-state index contributed by atoms with van der Waals surface area (Å²) < 4.78 is 27.8. The normalized spacial score (nSPS) is 25.0. The van der Waals surface area contributed by atoms with Gasteiger partial charge in [-0.05, 0) is 45.7 Å². The third-order valence-electron chi connectivity index (χ3n) is 4.77. The van der Waals surface area contributed by atoms with Crippen molar-refractivity contribution >= 4 is 27.3 Å². The van der Waals surface area contributed by atoms with Crippen LogP contribution in [0.5, 0.6) is 0 Å². The van der Waals surface area contributed by atoms with Crippen molar-refractivity contribution < 1.29 is 13.2 Å². The topological polar surface area (TPSA) is 57.7 Å². The van der Waals surface area contributed by atoms with Gasteiger partial charge in [0.15, 0.2) is 0 Å². The van der Waals surface area contributed by atoms with Gasteiger partial charge in [-0.25, -0.2) is 8.42 Å². The minimum Gasteiger partial charge on any atom is -0.334 e. The molecule has 0 aromatic carbocycles. The third kappa shape index (κ3) is 3.30. The Kier molecular flexibility index (Phi) is 4.86. The second-order valence-corrected chi connectivity index (χ2v) is 10.3. The zero-order chi connectivity index (χ0) is 17.5. The maximum atomic E-state index is 12.9. The van der Waals surface area contributed by atoms with Gasteiger partial charge in [-0.2, -0.15) is 4.31 Å². The molecule has 3 saturated heterocycles. The molecule has 5 nitrogen and oxygen atoms in total. The molecule has 3 aliphatic heterocycles. The molecule has 4 heterocycles. The molecule has 24 heavy (non-hydrogen) atoms. The molecule has 4 rings (SSSR count). The van der Waals surface area contributed by atoms with Crippen molar-refractivity contribution in [2.45, 2.75) is 43.9 Å². The summed E-state index contributed by atoms with van der Waals surface area (Å²) in [6, 6.07) is 3.48. The number of hydrogen-bond donors (Lipinski definition) is 0. The van der Waals surface area contributed by atoms with Crippen molar-refractivity contribution in [1.29, 1.82) is 0 Å². The lowest BCUT2D eigenvalue weighted by Gasteiger charge is -2.35. The molecule has 3 fully saturated rings. The van der Waals surface area contributed by atoms with Gasteiger partial charge in [0.05, 0.1) is 5.92 Å². The molecule has 7 heteroatoms. The van der Waals surface area contributed by atoms with Crippen molar-refractivity contribution in [3.8, 4) is 0 Å². The Labute approximate surface area is 148 Å². The standard InChI is InChI=1S/C17H24N2O3S2/c1-12(2)8-9-19-15-6-5-14(17(19)20)10-18(11-15)24(21,22)16-7-4-13(3)23-16/h4,7-8,14-15H,5-6,9-11H2,1-3H3/t14-,15+/m0/s1. The van der Waals surface area contributed by atoms with E-state index in [9.17, 15) is 13.2 Å². The van der Waals surface area contributed by atoms with Crippen molar-refractivity contribution in [3.05, 3.63) is 28.7 Å². The van der Waals surface area contributed by atoms with Crippen LogP contribution in [0.1, 0.15) is 31.6 Å². The first kappa shape index (κ1) is 17.6. The van der Waals surface area contributed by atoms with Gasteiger partial charge in [-0.15, -0.1) is 11.3 Å². The highest BCUT2D eigenvalue weighted by Gasteiger charge is 2.43. The number of amides is 1. The van der Waals surface area contributed by atoms with Crippen LogP contribution in [0.15, 0.2) is 28.0 Å². The van der Waals surface area contributed by atoms with Gasteiger partial charge in [0.25, 0.3) is 10.0 Å². The fourth-order valence-corrected chi connectivity index (χ4v) is 6.36. The second kappa shape index (κ2) is 6.61. The maximum absolute atomic E-state index is 12.9. The summed E-state index contributed by atoms with van der Waals surface area (Å²) in [5, 5.41) is 0. The summed E-state index contributed by atoms with van der Waals surface area (Å²) >= 11 is 1.30. The molecule has 0 aliphatic carbocycles. The maximum Gasteiger partial charge on any atom is 0.252 e. The smallest absolute Gasteiger partial charge is 0.252 e. The van der Waals surface area contributed by atoms with Gasteiger partial charge < -0.3 is 4.90 Å². The molecule has 1 aromatic rings. The summed E-state index contributed by atoms with van der Waals surface area (Å²) in [5.74, 6) is -0.117. The van der Waals surface area contributed by atoms with Crippen LogP contribution < -0.4 is 0 Å². The van der Waals surface area contributed by atoms with Gasteiger partial charge in [0, 0.05) is 30.6 Å². The van der Waals surface area contributed by atoms with E-state index in [1.165, 1.54) is 21.2 Å². The first-order valence-corrected chi connectivity index (χ1v) is 10.5. The van der Waals surface area contributed by atoms with E-state index in [1.54, 1.807) is 6.07 Å². The van der Waals surface area contributed by atoms with E-state index < -0.39 is 10.0 Å². The zero-order valence-electron chi connectivity index (χ0n) is 14.4. The van der Waals surface area contributed by atoms with Crippen molar-refractivity contribution in [2.75, 3.05) is 19.6 Å². The lowest BCUT2D eigenvalue weighted by atomic mass is 9.94. The van der Waals surface area contributed by atoms with Gasteiger partial charge >= 0.3 is 0 Å². The summed E-state index contributed by atoms with van der Waals surface area (Å²) in [4.78, 5) is 15.6. The number of aryl methyl sites for hydroxylation is 1. The Bertz CT molecular complexity index is 763. The number of nitrogens with zero attached hydrogens (tertiary/aromatic N) is 2. The first-order chi connectivity index (χ1) is 11.3. The molecule has 1 aromatic heterocycles. The molecular formula is C17H24N2O3S2. The van der Waals surface area contributed by atoms with Crippen LogP contribution >= 0.6 is 11.3 Å². The number of carbonyl (C=O) groups is 1. The van der Waals surface area contributed by atoms with E-state index >= 15 is 0 Å². The first-order valence-electron chi connectivity index (χ1n) is 8.29. The van der Waals surface area contributed by atoms with E-state index in [4.69, 9.17) is 0 Å². The van der Waals surface area contributed by atoms with Crippen LogP contribution in [0.25, 0.3) is 0 Å². The largest absolute Gasteiger partial charge is 0.334 e. The molecule has 0 N–H and O–H groups in total. The number of thiophene rings is 1. The molecule has 0 saturated carbocycles. The Hall–Kier alpha value is -1.18. The highest BCUT2D eigenvalue weighted by Crippen LogP contribution is 2.33. The number of piperidine rings is 1. The summed E-state index contributed by atoms with van der Waals surface area (Å²) in [6.07, 6.45) is 3.70. The quantitative estimate of drug-likeness (QED) is 0.768. The van der Waals surface area contributed by atoms with Gasteiger partial charge in [-0.1, -0.05) is 11.6 Å². The van der Waals surface area contributed by atoms with Crippen LogP contribution in [-0.4, -0.2) is 49.2 Å². The minimum atomic E-state index is -3.51. The second-order valence-electron chi connectivity index (χ2n) is 6.89. The Morgan fingerprint density at radius 1 is 1.29 bits per heavy atom. The van der Waals surface area contributed by atoms with E-state index in [0.29, 0.717) is 23.8 Å². The predicted molar refractivity (Wildman–Crippen MR) is 95.5 cm³/mol. The van der Waals surface area contributed by atoms with Crippen LogP contribution in [0.4, 0.5) is 0 Å². The highest BCUT2D eigenvalue weighted by atomic mass is 32.2. The molecule has 2 bridgehead atoms. The molecule has 3 aliphatic rings. The Morgan fingerprint density at radius 3 is 2.67 bits per heavy atom. The number of fused-ring (bicyclic) bond motifs is 4. The number of hydrogen-bond acceptors (Lipinski definition) is 4. The van der Waals surface area contributed by atoms with Crippen LogP contribution in [0.2, 0.25) is 0 Å². The molecule has 132 valence electrons. The Balaban J connectivity index is 1.87. The fourth-order valence-electron chi connectivity index (χ4n) is 3.40. The Morgan fingerprint density at radius 2 is 2.04 bits per heavy atom. The predicted octanol–water partition coefficient (Wildman–Crippen LogP) is 2.63. The number of sulfonamides is 1. The summed E-state index contributed by atoms with van der Waals surface area (Å²) in [5.41, 5.74) is 1.17. The van der Waals surface area contributed by atoms with Crippen molar-refractivity contribution in [1.82, 2.24) is 9.21 Å². The number of carbonyl (C=O) groups excluding carboxylic acids is 1. The van der Waals surface area contributed by atoms with Crippen LogP contribution in [0.3, 0.4) is 0 Å². The van der Waals surface area contributed by atoms with Crippen LogP contribution in [-0.2, 0) is 14.8 Å². The highest BCUT2D eigenvalue weighted by molar-refractivity contribution is 7.91. The van der Waals surface area contributed by atoms with E-state index in [1.807, 2.05) is 37.8 Å². The SMILES string of the molecule is CC(C)=CCN1C(=O)[C@H]2CC[C@@H]1CN(S(=O)(=O)c1ccc(C)s1)C2. The summed E-state index contributed by atoms with van der Waals surface area (Å²) in [7, 11) is -3.51. The van der Waals surface area contributed by atoms with E-state index in [2.05, 4.69) is 0 Å². The lowest BCUT2D eigenvalue weighted by Crippen LogP contribution is -2.48. The molecule has 2 atom stereocenters. The average Bonchev–Trinajstić information content (AvgIpc) is 2.77. The third-order valence-corrected chi connectivity index (χ3v) is 8.07. The van der Waals surface area contributed by atoms with Crippen molar-refractivity contribution in [3.63, 3.8) is 0 Å². The molecule has 0 radical (unpaired) electrons. The van der Waals surface area contributed by atoms with E-state index in [-0.39, 0.29) is 17.9 Å². The van der Waals surface area contributed by atoms with Gasteiger partial charge in [0.2, 0.25) is 5.91 Å². The fraction of sp³-hybridized carbons (Fsp3) is 0.588. The van der Waals surface area contributed by atoms with Gasteiger partial charge in [0.1, 0.15) is 4.21 Å². The monoisotopic (exact) mass is 368 g/mol.